The number of carboxylic acids is 1. The van der Waals surface area contributed by atoms with Gasteiger partial charge in [0.1, 0.15) is 18.9 Å². The Morgan fingerprint density at radius 1 is 0.939 bits per heavy atom. The first-order valence-corrected chi connectivity index (χ1v) is 11.2. The average Bonchev–Trinajstić information content (AvgIpc) is 3.29. The molecule has 170 valence electrons. The van der Waals surface area contributed by atoms with Crippen LogP contribution in [-0.4, -0.2) is 39.9 Å². The van der Waals surface area contributed by atoms with Crippen molar-refractivity contribution in [1.82, 2.24) is 4.90 Å². The number of ether oxygens (including phenoxy) is 1. The fourth-order valence-electron chi connectivity index (χ4n) is 4.50. The van der Waals surface area contributed by atoms with Crippen molar-refractivity contribution in [2.45, 2.75) is 31.2 Å². The molecule has 1 saturated heterocycles. The molecule has 3 aromatic carbocycles. The number of aliphatic carboxylic acids is 1. The van der Waals surface area contributed by atoms with Crippen molar-refractivity contribution in [3.63, 3.8) is 0 Å². The maximum Gasteiger partial charge on any atom is 0.321 e. The van der Waals surface area contributed by atoms with Crippen LogP contribution in [0.15, 0.2) is 103 Å². The minimum Gasteiger partial charge on any atom is -0.497 e. The molecule has 5 nitrogen and oxygen atoms in total. The van der Waals surface area contributed by atoms with Crippen LogP contribution in [0, 0.1) is 5.92 Å². The second-order valence-corrected chi connectivity index (χ2v) is 8.38. The summed E-state index contributed by atoms with van der Waals surface area (Å²) in [5.74, 6) is -1.30. The summed E-state index contributed by atoms with van der Waals surface area (Å²) < 4.78 is 5.65. The highest BCUT2D eigenvalue weighted by molar-refractivity contribution is 5.74. The zero-order chi connectivity index (χ0) is 23.0. The molecule has 2 N–H and O–H groups in total. The standard InChI is InChI=1S/C28H29NO4/c30-27(26(23-12-6-2-7-13-23)24-14-8-3-9-15-24)29-19-22(18-25(29)28(31)32)16-17-33-20-21-10-4-1-5-11-21/h1-17,22,25-27,30H,18-20H2,(H,31,32)/b17-16+/t22-,25-,27?/m0/s1. The molecule has 0 amide bonds. The summed E-state index contributed by atoms with van der Waals surface area (Å²) in [7, 11) is 0. The average molecular weight is 444 g/mol. The first kappa shape index (κ1) is 22.8. The van der Waals surface area contributed by atoms with E-state index in [1.165, 1.54) is 0 Å². The Hall–Kier alpha value is -3.41. The number of likely N-dealkylation sites (tertiary alicyclic amines) is 1. The van der Waals surface area contributed by atoms with E-state index < -0.39 is 18.2 Å². The Labute approximate surface area is 194 Å². The highest BCUT2D eigenvalue weighted by Crippen LogP contribution is 2.35. The van der Waals surface area contributed by atoms with Gasteiger partial charge < -0.3 is 14.9 Å². The van der Waals surface area contributed by atoms with E-state index in [-0.39, 0.29) is 11.8 Å². The molecule has 1 aliphatic rings. The van der Waals surface area contributed by atoms with Crippen LogP contribution in [0.3, 0.4) is 0 Å². The first-order chi connectivity index (χ1) is 16.1. The maximum absolute atomic E-state index is 12.1. The van der Waals surface area contributed by atoms with Crippen LogP contribution in [0.2, 0.25) is 0 Å². The van der Waals surface area contributed by atoms with E-state index >= 15 is 0 Å². The van der Waals surface area contributed by atoms with Gasteiger partial charge in [0.25, 0.3) is 0 Å². The van der Waals surface area contributed by atoms with E-state index in [1.807, 2.05) is 97.1 Å². The van der Waals surface area contributed by atoms with Crippen LogP contribution in [0.5, 0.6) is 0 Å². The summed E-state index contributed by atoms with van der Waals surface area (Å²) in [6.07, 6.45) is 3.01. The lowest BCUT2D eigenvalue weighted by atomic mass is 9.89. The van der Waals surface area contributed by atoms with E-state index in [2.05, 4.69) is 0 Å². The van der Waals surface area contributed by atoms with Gasteiger partial charge in [-0.25, -0.2) is 0 Å². The molecule has 5 heteroatoms. The highest BCUT2D eigenvalue weighted by Gasteiger charge is 2.42. The van der Waals surface area contributed by atoms with Gasteiger partial charge in [-0.2, -0.15) is 0 Å². The van der Waals surface area contributed by atoms with E-state index in [0.29, 0.717) is 19.6 Å². The lowest BCUT2D eigenvalue weighted by Crippen LogP contribution is -2.46. The van der Waals surface area contributed by atoms with Crippen LogP contribution < -0.4 is 0 Å². The highest BCUT2D eigenvalue weighted by atomic mass is 16.5. The van der Waals surface area contributed by atoms with Crippen molar-refractivity contribution in [3.05, 3.63) is 120 Å². The number of carboxylic acid groups (broad SMARTS) is 1. The second kappa shape index (κ2) is 10.9. The van der Waals surface area contributed by atoms with Crippen molar-refractivity contribution in [2.24, 2.45) is 5.92 Å². The molecule has 0 aliphatic carbocycles. The Bertz CT molecular complexity index is 1000. The molecule has 33 heavy (non-hydrogen) atoms. The number of carbonyl (C=O) groups is 1. The van der Waals surface area contributed by atoms with E-state index in [4.69, 9.17) is 4.74 Å². The van der Waals surface area contributed by atoms with Crippen LogP contribution in [-0.2, 0) is 16.1 Å². The van der Waals surface area contributed by atoms with Crippen LogP contribution in [0.4, 0.5) is 0 Å². The number of nitrogens with zero attached hydrogens (tertiary/aromatic N) is 1. The van der Waals surface area contributed by atoms with E-state index in [9.17, 15) is 15.0 Å². The third-order valence-electron chi connectivity index (χ3n) is 6.15. The fraction of sp³-hybridized carbons (Fsp3) is 0.250. The lowest BCUT2D eigenvalue weighted by molar-refractivity contribution is -0.146. The van der Waals surface area contributed by atoms with Gasteiger partial charge in [0.2, 0.25) is 0 Å². The monoisotopic (exact) mass is 443 g/mol. The SMILES string of the molecule is O=C(O)[C@@H]1C[C@H](/C=C/OCc2ccccc2)CN1C(O)C(c1ccccc1)c1ccccc1. The minimum absolute atomic E-state index is 0.0243. The number of benzene rings is 3. The normalized spacial score (nSPS) is 19.7. The number of hydrogen-bond acceptors (Lipinski definition) is 4. The Balaban J connectivity index is 1.50. The van der Waals surface area contributed by atoms with Crippen LogP contribution in [0.1, 0.15) is 29.0 Å². The number of aliphatic hydroxyl groups excluding tert-OH is 1. The Morgan fingerprint density at radius 2 is 1.48 bits per heavy atom. The molecule has 0 spiro atoms. The summed E-state index contributed by atoms with van der Waals surface area (Å²) in [5.41, 5.74) is 2.97. The second-order valence-electron chi connectivity index (χ2n) is 8.38. The summed E-state index contributed by atoms with van der Waals surface area (Å²) >= 11 is 0. The number of aliphatic hydroxyl groups is 1. The fourth-order valence-corrected chi connectivity index (χ4v) is 4.50. The molecule has 0 saturated carbocycles. The van der Waals surface area contributed by atoms with Crippen LogP contribution in [0.25, 0.3) is 0 Å². The Kier molecular flexibility index (Phi) is 7.55. The minimum atomic E-state index is -0.973. The number of rotatable bonds is 9. The predicted molar refractivity (Wildman–Crippen MR) is 127 cm³/mol. The van der Waals surface area contributed by atoms with Gasteiger partial charge in [0, 0.05) is 12.5 Å². The molecule has 4 rings (SSSR count). The molecule has 3 aromatic rings. The van der Waals surface area contributed by atoms with E-state index in [0.717, 1.165) is 16.7 Å². The summed E-state index contributed by atoms with van der Waals surface area (Å²) in [5, 5.41) is 21.4. The smallest absolute Gasteiger partial charge is 0.321 e. The first-order valence-electron chi connectivity index (χ1n) is 11.2. The van der Waals surface area contributed by atoms with Crippen molar-refractivity contribution >= 4 is 5.97 Å². The third kappa shape index (κ3) is 5.69. The molecule has 0 radical (unpaired) electrons. The third-order valence-corrected chi connectivity index (χ3v) is 6.15. The molecule has 1 fully saturated rings. The van der Waals surface area contributed by atoms with Gasteiger partial charge in [-0.05, 0) is 35.1 Å². The van der Waals surface area contributed by atoms with Gasteiger partial charge in [0.15, 0.2) is 0 Å². The van der Waals surface area contributed by atoms with E-state index in [1.54, 1.807) is 11.2 Å². The number of hydrogen-bond donors (Lipinski definition) is 2. The zero-order valence-electron chi connectivity index (χ0n) is 18.4. The summed E-state index contributed by atoms with van der Waals surface area (Å²) in [6.45, 7) is 0.905. The van der Waals surface area contributed by atoms with Crippen molar-refractivity contribution < 1.29 is 19.7 Å². The van der Waals surface area contributed by atoms with Gasteiger partial charge in [-0.3, -0.25) is 9.69 Å². The maximum atomic E-state index is 12.1. The molecule has 3 atom stereocenters. The Morgan fingerprint density at radius 3 is 2.03 bits per heavy atom. The quantitative estimate of drug-likeness (QED) is 0.472. The zero-order valence-corrected chi connectivity index (χ0v) is 18.4. The molecular formula is C28H29NO4. The van der Waals surface area contributed by atoms with Gasteiger partial charge in [-0.15, -0.1) is 0 Å². The van der Waals surface area contributed by atoms with Crippen molar-refractivity contribution in [2.75, 3.05) is 6.54 Å². The topological polar surface area (TPSA) is 70.0 Å². The summed E-state index contributed by atoms with van der Waals surface area (Å²) in [6, 6.07) is 28.6. The lowest BCUT2D eigenvalue weighted by Gasteiger charge is -2.33. The molecular weight excluding hydrogens is 414 g/mol. The summed E-state index contributed by atoms with van der Waals surface area (Å²) in [4.78, 5) is 13.8. The molecule has 0 aromatic heterocycles. The molecule has 0 bridgehead atoms. The van der Waals surface area contributed by atoms with Gasteiger partial charge in [0.05, 0.1) is 6.26 Å². The molecule has 1 unspecified atom stereocenters. The van der Waals surface area contributed by atoms with Crippen LogP contribution >= 0.6 is 0 Å². The molecule has 1 heterocycles. The van der Waals surface area contributed by atoms with Crippen molar-refractivity contribution in [1.29, 1.82) is 0 Å². The molecule has 1 aliphatic heterocycles. The van der Waals surface area contributed by atoms with Gasteiger partial charge in [-0.1, -0.05) is 91.0 Å². The van der Waals surface area contributed by atoms with Gasteiger partial charge >= 0.3 is 5.97 Å². The predicted octanol–water partition coefficient (Wildman–Crippen LogP) is 4.64. The van der Waals surface area contributed by atoms with Crippen molar-refractivity contribution in [3.8, 4) is 0 Å². The largest absolute Gasteiger partial charge is 0.497 e.